The maximum absolute atomic E-state index is 13.6. The molecule has 0 bridgehead atoms. The van der Waals surface area contributed by atoms with Crippen LogP contribution in [-0.2, 0) is 73.7 Å². The minimum absolute atomic E-state index is 0.0967. The molecule has 134 heavy (non-hydrogen) atoms. The van der Waals surface area contributed by atoms with E-state index in [1.165, 1.54) is 54.4 Å². The molecule has 0 saturated carbocycles. The van der Waals surface area contributed by atoms with Gasteiger partial charge in [0.05, 0.1) is 109 Å². The van der Waals surface area contributed by atoms with E-state index in [1.807, 2.05) is 174 Å². The molecule has 7 aromatic heterocycles. The molecule has 0 aliphatic carbocycles. The number of fused-ring (bicyclic) bond motifs is 3. The maximum Gasteiger partial charge on any atom is 0.417 e. The molecule has 0 amide bonds. The summed E-state index contributed by atoms with van der Waals surface area (Å²) in [7, 11) is 3.20. The zero-order valence-electron chi connectivity index (χ0n) is 77.8. The van der Waals surface area contributed by atoms with E-state index in [1.54, 1.807) is 85.1 Å². The predicted octanol–water partition coefficient (Wildman–Crippen LogP) is 22.2. The Kier molecular flexibility index (Phi) is 25.9. The van der Waals surface area contributed by atoms with Crippen molar-refractivity contribution >= 4 is 82.8 Å². The topological polar surface area (TPSA) is 243 Å². The van der Waals surface area contributed by atoms with E-state index in [4.69, 9.17) is 52.8 Å². The Morgan fingerprint density at radius 3 is 1.10 bits per heavy atom. The number of ketones is 3. The summed E-state index contributed by atoms with van der Waals surface area (Å²) in [6, 6.07) is 45.8. The molecule has 0 fully saturated rings. The number of aryl methyl sites for hydroxylation is 3. The van der Waals surface area contributed by atoms with Gasteiger partial charge in [0.1, 0.15) is 47.1 Å². The molecule has 0 spiro atoms. The van der Waals surface area contributed by atoms with E-state index in [0.29, 0.717) is 93.2 Å². The van der Waals surface area contributed by atoms with Gasteiger partial charge in [0, 0.05) is 129 Å². The van der Waals surface area contributed by atoms with Gasteiger partial charge in [-0.15, -0.1) is 0 Å². The summed E-state index contributed by atoms with van der Waals surface area (Å²) in [6.07, 6.45) is -0.185. The number of alkyl halides is 5. The van der Waals surface area contributed by atoms with Crippen LogP contribution in [0.4, 0.5) is 22.0 Å². The third-order valence-corrected chi connectivity index (χ3v) is 24.2. The molecular weight excluding hydrogens is 1710 g/mol. The first-order chi connectivity index (χ1) is 63.6. The Hall–Kier alpha value is -13.7. The zero-order valence-corrected chi connectivity index (χ0v) is 77.8. The molecule has 0 radical (unpaired) electrons. The van der Waals surface area contributed by atoms with E-state index < -0.39 is 58.8 Å². The van der Waals surface area contributed by atoms with Crippen molar-refractivity contribution in [3.63, 3.8) is 0 Å². The second kappa shape index (κ2) is 37.0. The van der Waals surface area contributed by atoms with Crippen LogP contribution in [0.25, 0.3) is 98.8 Å². The summed E-state index contributed by atoms with van der Waals surface area (Å²) < 4.78 is 121. The fraction of sp³-hybridized carbons (Fsp3) is 0.315. The monoisotopic (exact) mass is 1820 g/mol. The minimum Gasteiger partial charge on any atom is -0.497 e. The smallest absolute Gasteiger partial charge is 0.417 e. The number of carbonyl (C=O) groups excluding carboxylic acids is 3. The molecule has 8 aromatic carbocycles. The Balaban J connectivity index is 0.000000146. The summed E-state index contributed by atoms with van der Waals surface area (Å²) >= 11 is 0. The van der Waals surface area contributed by atoms with Gasteiger partial charge in [-0.05, 0) is 303 Å². The van der Waals surface area contributed by atoms with E-state index in [2.05, 4.69) is 4.98 Å². The second-order valence-electron chi connectivity index (χ2n) is 37.2. The summed E-state index contributed by atoms with van der Waals surface area (Å²) in [5.74, 6) is 3.07. The van der Waals surface area contributed by atoms with Gasteiger partial charge in [-0.2, -0.15) is 13.2 Å². The molecule has 0 unspecified atom stereocenters. The Labute approximate surface area is 770 Å². The van der Waals surface area contributed by atoms with Crippen LogP contribution in [0.1, 0.15) is 186 Å². The SMILES string of the molecule is CC(=O)[C@@H](OC(C)(C)C)c1c(C)cc2c(ccc(=O)n2Cc2cccc(C(F)F)c2)c1-c1ccc2c3c(ccnc13)CCO2.CC(=O)[C@@H](OC(C)(C)C)c1c(C)cc2c(ccc(=O)n2Cc2cncc(C(F)(F)F)c2)c1-c1ccc2c3c(ccnc13)CCO2.COc1cc(Cn2c(=O)ccc3c(-c4ccc5c6c(ccnc46)CCO5)c([C@H](OC(C)(C)C)C(C)=O)c(C)cc32)cc(OC)c1. The number of pyridine rings is 7. The highest BCUT2D eigenvalue weighted by atomic mass is 19.4. The fourth-order valence-corrected chi connectivity index (χ4v) is 18.6. The van der Waals surface area contributed by atoms with Crippen molar-refractivity contribution in [1.29, 1.82) is 0 Å². The van der Waals surface area contributed by atoms with Crippen molar-refractivity contribution < 1.29 is 74.2 Å². The standard InChI is InChI=1S/C37H38N2O6.C36H34F2N2O4.C35H32F3N3O4/c1-21-16-29-27(9-11-31(41)39(29)20-23-17-25(42-6)19-26(18-23)43-7)34(32(21)36(22(2)40)45-37(3,4)5)28-8-10-30-33-24(13-15-44-30)12-14-38-35(28)33;1-20-17-27-25(10-12-29(42)40(27)19-22-7-6-8-24(18-22)35(37)38)32(30(20)34(21(2)41)44-36(3,4)5)26-9-11-28-31-23(14-16-43-28)13-15-39-33(26)31;1-19-14-26-24(7-9-28(43)41(26)18-21-15-23(17-39-16-21)35(36,37)38)31(29(19)33(20(2)42)45-34(3,4)5)25-6-8-27-30-22(11-13-44-27)10-12-40-32(25)30/h8-12,14,16-19,36H,13,15,20H2,1-7H3;6-13,15,17-18,34-35H,14,16,19H2,1-5H3;6-10,12,14-17,33H,11,13,18H2,1-5H3/t36-;34-;33-/m111/s1. The number of hydrogen-bond acceptors (Lipinski definition) is 18. The lowest BCUT2D eigenvalue weighted by Gasteiger charge is -2.30. The van der Waals surface area contributed by atoms with Gasteiger partial charge in [0.25, 0.3) is 23.1 Å². The van der Waals surface area contributed by atoms with Crippen molar-refractivity contribution in [2.45, 2.75) is 190 Å². The largest absolute Gasteiger partial charge is 0.497 e. The zero-order chi connectivity index (χ0) is 95.6. The van der Waals surface area contributed by atoms with E-state index >= 15 is 0 Å². The van der Waals surface area contributed by atoms with Gasteiger partial charge < -0.3 is 51.6 Å². The maximum atomic E-state index is 13.6. The highest BCUT2D eigenvalue weighted by Crippen LogP contribution is 2.51. The number of methoxy groups -OCH3 is 2. The first-order valence-electron chi connectivity index (χ1n) is 44.4. The van der Waals surface area contributed by atoms with Crippen molar-refractivity contribution in [3.05, 3.63) is 298 Å². The fourth-order valence-electron chi connectivity index (χ4n) is 18.6. The van der Waals surface area contributed by atoms with Crippen molar-refractivity contribution in [2.75, 3.05) is 34.0 Å². The van der Waals surface area contributed by atoms with Gasteiger partial charge in [-0.3, -0.25) is 48.7 Å². The molecule has 690 valence electrons. The predicted molar refractivity (Wildman–Crippen MR) is 509 cm³/mol. The molecule has 21 nitrogen and oxygen atoms in total. The van der Waals surface area contributed by atoms with Crippen LogP contribution in [0, 0.1) is 20.8 Å². The quantitative estimate of drug-likeness (QED) is 0.0607. The first kappa shape index (κ1) is 93.5. The van der Waals surface area contributed by atoms with Crippen LogP contribution >= 0.6 is 0 Å². The lowest BCUT2D eigenvalue weighted by atomic mass is 9.85. The number of ether oxygens (including phenoxy) is 8. The number of halogens is 5. The van der Waals surface area contributed by atoms with Gasteiger partial charge in [0.15, 0.2) is 17.3 Å². The van der Waals surface area contributed by atoms with Gasteiger partial charge in [0.2, 0.25) is 0 Å². The van der Waals surface area contributed by atoms with Crippen LogP contribution < -0.4 is 40.4 Å². The number of aromatic nitrogens is 7. The molecule has 26 heteroatoms. The lowest BCUT2D eigenvalue weighted by molar-refractivity contribution is -0.139. The minimum atomic E-state index is -4.58. The summed E-state index contributed by atoms with van der Waals surface area (Å²) in [5, 5.41) is 4.92. The number of Topliss-reactive ketones (excluding diaryl/α,β-unsaturated/α-hetero) is 3. The van der Waals surface area contributed by atoms with Crippen LogP contribution in [0.2, 0.25) is 0 Å². The molecule has 18 rings (SSSR count). The molecule has 10 heterocycles. The average Bonchev–Trinajstić information content (AvgIpc) is 0.733. The van der Waals surface area contributed by atoms with Crippen molar-refractivity contribution in [1.82, 2.24) is 33.6 Å². The highest BCUT2D eigenvalue weighted by Gasteiger charge is 2.38. The number of hydrogen-bond donors (Lipinski definition) is 0. The Morgan fingerprint density at radius 1 is 0.418 bits per heavy atom. The van der Waals surface area contributed by atoms with Crippen LogP contribution in [0.3, 0.4) is 0 Å². The molecule has 3 aliphatic heterocycles. The van der Waals surface area contributed by atoms with E-state index in [9.17, 15) is 50.7 Å². The lowest BCUT2D eigenvalue weighted by Crippen LogP contribution is -2.27. The second-order valence-corrected chi connectivity index (χ2v) is 37.2. The molecular formula is C108H104F5N7O14. The molecule has 15 aromatic rings. The van der Waals surface area contributed by atoms with Crippen LogP contribution in [0.5, 0.6) is 28.7 Å². The van der Waals surface area contributed by atoms with E-state index in [-0.39, 0.29) is 59.2 Å². The third kappa shape index (κ3) is 18.9. The summed E-state index contributed by atoms with van der Waals surface area (Å²) in [4.78, 5) is 98.5. The normalized spacial score (nSPS) is 13.8. The van der Waals surface area contributed by atoms with Gasteiger partial charge >= 0.3 is 6.18 Å². The van der Waals surface area contributed by atoms with Gasteiger partial charge in [-0.1, -0.05) is 18.2 Å². The van der Waals surface area contributed by atoms with Crippen LogP contribution in [-0.4, -0.2) is 102 Å². The third-order valence-electron chi connectivity index (χ3n) is 24.2. The van der Waals surface area contributed by atoms with Crippen LogP contribution in [0.15, 0.2) is 203 Å². The molecule has 3 atom stereocenters. The van der Waals surface area contributed by atoms with Crippen molar-refractivity contribution in [3.8, 4) is 62.1 Å². The Bertz CT molecular complexity index is 7390. The summed E-state index contributed by atoms with van der Waals surface area (Å²) in [5.41, 5.74) is 14.3. The Morgan fingerprint density at radius 2 is 0.769 bits per heavy atom. The number of rotatable bonds is 21. The van der Waals surface area contributed by atoms with Gasteiger partial charge in [-0.25, -0.2) is 8.78 Å². The number of nitrogens with zero attached hydrogens (tertiary/aromatic N) is 7. The number of benzene rings is 8. The average molecular weight is 1820 g/mol. The number of carbonyl (C=O) groups is 3. The molecule has 3 aliphatic rings. The first-order valence-corrected chi connectivity index (χ1v) is 44.4. The highest BCUT2D eigenvalue weighted by molar-refractivity contribution is 6.12. The molecule has 0 saturated heterocycles. The van der Waals surface area contributed by atoms with E-state index in [0.717, 1.165) is 141 Å². The van der Waals surface area contributed by atoms with Crippen molar-refractivity contribution in [2.24, 2.45) is 0 Å². The summed E-state index contributed by atoms with van der Waals surface area (Å²) in [6.45, 7) is 29.4. The molecule has 0 N–H and O–H groups in total.